The van der Waals surface area contributed by atoms with Gasteiger partial charge in [0.15, 0.2) is 0 Å². The highest BCUT2D eigenvalue weighted by Crippen LogP contribution is 2.61. The van der Waals surface area contributed by atoms with Gasteiger partial charge in [0.05, 0.1) is 0 Å². The molecule has 2 N–H and O–H groups in total. The lowest BCUT2D eigenvalue weighted by molar-refractivity contribution is -0.0644. The van der Waals surface area contributed by atoms with Gasteiger partial charge in [0, 0.05) is 12.6 Å². The van der Waals surface area contributed by atoms with E-state index in [9.17, 15) is 0 Å². The largest absolute Gasteiger partial charge is 0.329 e. The van der Waals surface area contributed by atoms with Crippen molar-refractivity contribution < 1.29 is 0 Å². The van der Waals surface area contributed by atoms with Crippen molar-refractivity contribution in [3.63, 3.8) is 0 Å². The average Bonchev–Trinajstić information content (AvgIpc) is 2.44. The van der Waals surface area contributed by atoms with Gasteiger partial charge >= 0.3 is 0 Å². The van der Waals surface area contributed by atoms with Gasteiger partial charge in [0.1, 0.15) is 0 Å². The Morgan fingerprint density at radius 3 is 2.24 bits per heavy atom. The molecule has 4 bridgehead atoms. The zero-order valence-corrected chi connectivity index (χ0v) is 13.9. The first-order valence-electron chi connectivity index (χ1n) is 9.61. The summed E-state index contributed by atoms with van der Waals surface area (Å²) in [6.07, 6.45) is 13.7. The summed E-state index contributed by atoms with van der Waals surface area (Å²) in [5, 5.41) is 0. The first-order chi connectivity index (χ1) is 10.2. The molecule has 0 spiro atoms. The summed E-state index contributed by atoms with van der Waals surface area (Å²) in [5.41, 5.74) is 6.82. The Morgan fingerprint density at radius 2 is 1.67 bits per heavy atom. The Bertz CT molecular complexity index is 342. The molecule has 1 heterocycles. The van der Waals surface area contributed by atoms with Crippen molar-refractivity contribution in [1.82, 2.24) is 4.90 Å². The molecule has 2 nitrogen and oxygen atoms in total. The maximum absolute atomic E-state index is 6.08. The van der Waals surface area contributed by atoms with Crippen molar-refractivity contribution in [2.75, 3.05) is 19.6 Å². The maximum Gasteiger partial charge on any atom is 0.0243 e. The van der Waals surface area contributed by atoms with Gasteiger partial charge in [0.2, 0.25) is 0 Å². The van der Waals surface area contributed by atoms with Crippen LogP contribution < -0.4 is 5.73 Å². The van der Waals surface area contributed by atoms with Crippen LogP contribution in [0.5, 0.6) is 0 Å². The molecule has 5 rings (SSSR count). The van der Waals surface area contributed by atoms with Crippen molar-refractivity contribution in [1.29, 1.82) is 0 Å². The van der Waals surface area contributed by atoms with Crippen LogP contribution in [0.4, 0.5) is 0 Å². The van der Waals surface area contributed by atoms with E-state index in [1.54, 1.807) is 38.5 Å². The minimum Gasteiger partial charge on any atom is -0.329 e. The Morgan fingerprint density at radius 1 is 1.05 bits per heavy atom. The number of rotatable bonds is 4. The third-order valence-electron chi connectivity index (χ3n) is 7.57. The topological polar surface area (TPSA) is 29.3 Å². The molecule has 120 valence electrons. The normalized spacial score (nSPS) is 49.7. The molecule has 0 amide bonds. The van der Waals surface area contributed by atoms with Crippen LogP contribution in [0.15, 0.2) is 0 Å². The van der Waals surface area contributed by atoms with E-state index < -0.39 is 0 Å². The molecule has 1 aliphatic heterocycles. The fourth-order valence-corrected chi connectivity index (χ4v) is 6.97. The van der Waals surface area contributed by atoms with Gasteiger partial charge < -0.3 is 5.73 Å². The minimum atomic E-state index is 0.660. The Kier molecular flexibility index (Phi) is 3.82. The number of likely N-dealkylation sites (tertiary alicyclic amines) is 1. The van der Waals surface area contributed by atoms with E-state index in [1.165, 1.54) is 32.4 Å². The monoisotopic (exact) mass is 290 g/mol. The highest BCUT2D eigenvalue weighted by molar-refractivity contribution is 5.01. The molecule has 4 aliphatic carbocycles. The minimum absolute atomic E-state index is 0.660. The summed E-state index contributed by atoms with van der Waals surface area (Å²) in [6, 6.07) is 0.660. The van der Waals surface area contributed by atoms with Crippen molar-refractivity contribution >= 4 is 0 Å². The summed E-state index contributed by atoms with van der Waals surface area (Å²) >= 11 is 0. The van der Waals surface area contributed by atoms with Crippen LogP contribution in [-0.2, 0) is 0 Å². The predicted molar refractivity (Wildman–Crippen MR) is 88.0 cm³/mol. The molecule has 0 aromatic heterocycles. The molecular weight excluding hydrogens is 256 g/mol. The molecule has 5 aliphatic rings. The van der Waals surface area contributed by atoms with Crippen LogP contribution in [0.2, 0.25) is 0 Å². The van der Waals surface area contributed by atoms with Crippen LogP contribution in [0.25, 0.3) is 0 Å². The third kappa shape index (κ3) is 2.67. The summed E-state index contributed by atoms with van der Waals surface area (Å²) in [5.74, 6) is 4.10. The van der Waals surface area contributed by atoms with Gasteiger partial charge in [-0.1, -0.05) is 6.92 Å². The summed E-state index contributed by atoms with van der Waals surface area (Å²) in [4.78, 5) is 2.76. The Labute approximate surface area is 130 Å². The van der Waals surface area contributed by atoms with Gasteiger partial charge in [-0.05, 0) is 100.0 Å². The third-order valence-corrected chi connectivity index (χ3v) is 7.57. The van der Waals surface area contributed by atoms with Crippen LogP contribution >= 0.6 is 0 Å². The quantitative estimate of drug-likeness (QED) is 0.856. The average molecular weight is 290 g/mol. The number of nitrogens with zero attached hydrogens (tertiary/aromatic N) is 1. The molecule has 2 atom stereocenters. The van der Waals surface area contributed by atoms with E-state index in [2.05, 4.69) is 11.8 Å². The number of hydrogen-bond donors (Lipinski definition) is 1. The summed E-state index contributed by atoms with van der Waals surface area (Å²) in [6.45, 7) is 5.91. The van der Waals surface area contributed by atoms with Crippen LogP contribution in [0.1, 0.15) is 64.7 Å². The summed E-state index contributed by atoms with van der Waals surface area (Å²) in [7, 11) is 0. The smallest absolute Gasteiger partial charge is 0.0243 e. The maximum atomic E-state index is 6.08. The van der Waals surface area contributed by atoms with E-state index in [0.29, 0.717) is 6.04 Å². The molecule has 4 saturated carbocycles. The van der Waals surface area contributed by atoms with Gasteiger partial charge in [-0.3, -0.25) is 4.90 Å². The molecule has 1 saturated heterocycles. The molecule has 21 heavy (non-hydrogen) atoms. The van der Waals surface area contributed by atoms with Crippen molar-refractivity contribution in [2.24, 2.45) is 34.8 Å². The molecule has 0 radical (unpaired) electrons. The molecule has 2 heteroatoms. The fourth-order valence-electron chi connectivity index (χ4n) is 6.97. The van der Waals surface area contributed by atoms with Gasteiger partial charge in [-0.2, -0.15) is 0 Å². The van der Waals surface area contributed by atoms with E-state index in [4.69, 9.17) is 5.73 Å². The van der Waals surface area contributed by atoms with Gasteiger partial charge in [0.25, 0.3) is 0 Å². The molecule has 2 unspecified atom stereocenters. The predicted octanol–water partition coefficient (Wildman–Crippen LogP) is 3.65. The lowest BCUT2D eigenvalue weighted by Crippen LogP contribution is -2.51. The zero-order chi connectivity index (χ0) is 14.4. The van der Waals surface area contributed by atoms with Crippen molar-refractivity contribution in [2.45, 2.75) is 70.8 Å². The molecule has 5 fully saturated rings. The summed E-state index contributed by atoms with van der Waals surface area (Å²) < 4.78 is 0. The lowest BCUT2D eigenvalue weighted by atomic mass is 9.49. The van der Waals surface area contributed by atoms with Gasteiger partial charge in [-0.25, -0.2) is 0 Å². The molecule has 0 aromatic rings. The highest BCUT2D eigenvalue weighted by atomic mass is 15.2. The van der Waals surface area contributed by atoms with E-state index >= 15 is 0 Å². The Balaban J connectivity index is 1.40. The zero-order valence-electron chi connectivity index (χ0n) is 13.9. The SMILES string of the molecule is CC1CCCN(CCC23CC4CC(CC(C4)C2)C3)C1CN. The van der Waals surface area contributed by atoms with Gasteiger partial charge in [-0.15, -0.1) is 0 Å². The fraction of sp³-hybridized carbons (Fsp3) is 1.00. The number of nitrogens with two attached hydrogens (primary N) is 1. The molecule has 0 aromatic carbocycles. The second kappa shape index (κ2) is 5.53. The lowest BCUT2D eigenvalue weighted by Gasteiger charge is -2.57. The standard InChI is InChI=1S/C19H34N2/c1-14-3-2-5-21(18(14)13-20)6-4-19-10-15-7-16(11-19)9-17(8-15)12-19/h14-18H,2-13,20H2,1H3. The Hall–Kier alpha value is -0.0800. The van der Waals surface area contributed by atoms with Crippen molar-refractivity contribution in [3.05, 3.63) is 0 Å². The first kappa shape index (κ1) is 14.5. The number of piperidine rings is 1. The number of hydrogen-bond acceptors (Lipinski definition) is 2. The van der Waals surface area contributed by atoms with Crippen LogP contribution in [-0.4, -0.2) is 30.6 Å². The highest BCUT2D eigenvalue weighted by Gasteiger charge is 2.50. The molecular formula is C19H34N2. The van der Waals surface area contributed by atoms with E-state index in [1.807, 2.05) is 0 Å². The van der Waals surface area contributed by atoms with Crippen molar-refractivity contribution in [3.8, 4) is 0 Å². The first-order valence-corrected chi connectivity index (χ1v) is 9.61. The van der Waals surface area contributed by atoms with E-state index in [0.717, 1.165) is 35.6 Å². The van der Waals surface area contributed by atoms with E-state index in [-0.39, 0.29) is 0 Å². The van der Waals surface area contributed by atoms with Crippen LogP contribution in [0, 0.1) is 29.1 Å². The van der Waals surface area contributed by atoms with Crippen LogP contribution in [0.3, 0.4) is 0 Å². The second-order valence-corrected chi connectivity index (χ2v) is 9.13. The second-order valence-electron chi connectivity index (χ2n) is 9.13.